The second-order valence-corrected chi connectivity index (χ2v) is 9.17. The molecule has 0 radical (unpaired) electrons. The van der Waals surface area contributed by atoms with E-state index in [2.05, 4.69) is 32.7 Å². The molecule has 2 atom stereocenters. The molecule has 0 spiro atoms. The summed E-state index contributed by atoms with van der Waals surface area (Å²) in [5, 5.41) is 6.03. The molecule has 2 saturated heterocycles. The molecule has 8 nitrogen and oxygen atoms in total. The number of pyridine rings is 1. The number of hydrogen-bond donors (Lipinski definition) is 2. The summed E-state index contributed by atoms with van der Waals surface area (Å²) in [5.41, 5.74) is 3.84. The van der Waals surface area contributed by atoms with Gasteiger partial charge in [-0.15, -0.1) is 0 Å². The van der Waals surface area contributed by atoms with E-state index in [1.807, 2.05) is 30.5 Å². The van der Waals surface area contributed by atoms with Gasteiger partial charge in [0.1, 0.15) is 6.04 Å². The molecule has 3 aliphatic rings. The van der Waals surface area contributed by atoms with E-state index < -0.39 is 6.04 Å². The van der Waals surface area contributed by atoms with Gasteiger partial charge in [-0.2, -0.15) is 0 Å². The van der Waals surface area contributed by atoms with E-state index in [1.165, 1.54) is 0 Å². The molecule has 8 heteroatoms. The van der Waals surface area contributed by atoms with Crippen LogP contribution in [0.25, 0.3) is 0 Å². The summed E-state index contributed by atoms with van der Waals surface area (Å²) < 4.78 is 0. The molecule has 1 unspecified atom stereocenters. The van der Waals surface area contributed by atoms with Gasteiger partial charge >= 0.3 is 0 Å². The van der Waals surface area contributed by atoms with Crippen LogP contribution in [0.1, 0.15) is 52.9 Å². The number of nitrogens with one attached hydrogen (secondary N) is 2. The van der Waals surface area contributed by atoms with Gasteiger partial charge in [-0.3, -0.25) is 29.6 Å². The topological polar surface area (TPSA) is 94.6 Å². The largest absolute Gasteiger partial charge is 0.322 e. The number of carbonyl (C=O) groups excluding carboxylic acids is 3. The number of carbonyl (C=O) groups is 3. The number of rotatable bonds is 6. The standard InChI is InChI=1S/C25H29N5O3/c31-23-9-8-22(24(32)28-23)30-14-18-12-17(6-7-21(18)25(30)33)13-27-20-5-3-11-29(16-20)15-19-4-1-2-10-26-19/h1-2,4,6-7,10,12,20,22,27H,3,5,8-9,11,13-16H2,(H,28,31,32)/t20-,22?/m1/s1. The van der Waals surface area contributed by atoms with Crippen molar-refractivity contribution >= 4 is 17.7 Å². The smallest absolute Gasteiger partial charge is 0.255 e. The van der Waals surface area contributed by atoms with Crippen LogP contribution in [0, 0.1) is 0 Å². The molecule has 0 aliphatic carbocycles. The molecule has 172 valence electrons. The second kappa shape index (κ2) is 9.41. The maximum Gasteiger partial charge on any atom is 0.255 e. The molecule has 2 aromatic rings. The Hall–Kier alpha value is -3.10. The molecular weight excluding hydrogens is 418 g/mol. The third-order valence-corrected chi connectivity index (χ3v) is 6.80. The number of imide groups is 1. The van der Waals surface area contributed by atoms with Gasteiger partial charge in [0, 0.05) is 50.4 Å². The van der Waals surface area contributed by atoms with Crippen LogP contribution in [-0.2, 0) is 29.2 Å². The summed E-state index contributed by atoms with van der Waals surface area (Å²) in [6.07, 6.45) is 4.80. The van der Waals surface area contributed by atoms with E-state index >= 15 is 0 Å². The van der Waals surface area contributed by atoms with Crippen molar-refractivity contribution in [1.29, 1.82) is 0 Å². The highest BCUT2D eigenvalue weighted by Crippen LogP contribution is 2.28. The molecule has 5 rings (SSSR count). The first-order valence-corrected chi connectivity index (χ1v) is 11.7. The predicted octanol–water partition coefficient (Wildman–Crippen LogP) is 1.60. The Kier molecular flexibility index (Phi) is 6.20. The van der Waals surface area contributed by atoms with Gasteiger partial charge < -0.3 is 10.2 Å². The fraction of sp³-hybridized carbons (Fsp3) is 0.440. The fourth-order valence-corrected chi connectivity index (χ4v) is 5.09. The van der Waals surface area contributed by atoms with Crippen LogP contribution in [0.5, 0.6) is 0 Å². The highest BCUT2D eigenvalue weighted by molar-refractivity contribution is 6.05. The van der Waals surface area contributed by atoms with Gasteiger partial charge in [0.15, 0.2) is 0 Å². The van der Waals surface area contributed by atoms with E-state index in [4.69, 9.17) is 0 Å². The van der Waals surface area contributed by atoms with Crippen molar-refractivity contribution in [2.24, 2.45) is 0 Å². The Morgan fingerprint density at radius 1 is 1.12 bits per heavy atom. The predicted molar refractivity (Wildman–Crippen MR) is 122 cm³/mol. The molecule has 1 aromatic carbocycles. The third kappa shape index (κ3) is 4.82. The summed E-state index contributed by atoms with van der Waals surface area (Å²) in [4.78, 5) is 45.0. The SMILES string of the molecule is O=C1CCC(N2Cc3cc(CN[C@@H]4CCCN(Cc5ccccn5)C4)ccc3C2=O)C(=O)N1. The van der Waals surface area contributed by atoms with Gasteiger partial charge in [0.25, 0.3) is 5.91 Å². The quantitative estimate of drug-likeness (QED) is 0.654. The molecule has 3 amide bonds. The lowest BCUT2D eigenvalue weighted by molar-refractivity contribution is -0.136. The number of amides is 3. The van der Waals surface area contributed by atoms with Gasteiger partial charge in [0.05, 0.1) is 5.69 Å². The van der Waals surface area contributed by atoms with E-state index in [1.54, 1.807) is 4.90 Å². The summed E-state index contributed by atoms with van der Waals surface area (Å²) in [6.45, 7) is 4.10. The Bertz CT molecular complexity index is 1060. The molecule has 1 aromatic heterocycles. The van der Waals surface area contributed by atoms with E-state index in [-0.39, 0.29) is 24.1 Å². The number of piperidine rings is 2. The lowest BCUT2D eigenvalue weighted by Gasteiger charge is -2.33. The van der Waals surface area contributed by atoms with Gasteiger partial charge in [-0.05, 0) is 55.1 Å². The van der Waals surface area contributed by atoms with Crippen LogP contribution >= 0.6 is 0 Å². The van der Waals surface area contributed by atoms with Crippen LogP contribution in [0.15, 0.2) is 42.6 Å². The summed E-state index contributed by atoms with van der Waals surface area (Å²) in [6, 6.07) is 11.8. The highest BCUT2D eigenvalue weighted by atomic mass is 16.2. The minimum absolute atomic E-state index is 0.128. The summed E-state index contributed by atoms with van der Waals surface area (Å²) >= 11 is 0. The van der Waals surface area contributed by atoms with Crippen molar-refractivity contribution < 1.29 is 14.4 Å². The lowest BCUT2D eigenvalue weighted by atomic mass is 10.0. The maximum absolute atomic E-state index is 12.9. The monoisotopic (exact) mass is 447 g/mol. The zero-order chi connectivity index (χ0) is 22.8. The van der Waals surface area contributed by atoms with Gasteiger partial charge in [0.2, 0.25) is 11.8 Å². The summed E-state index contributed by atoms with van der Waals surface area (Å²) in [5.74, 6) is -0.770. The number of benzene rings is 1. The molecule has 33 heavy (non-hydrogen) atoms. The second-order valence-electron chi connectivity index (χ2n) is 9.17. The fourth-order valence-electron chi connectivity index (χ4n) is 5.09. The van der Waals surface area contributed by atoms with Crippen molar-refractivity contribution in [3.8, 4) is 0 Å². The molecule has 2 N–H and O–H groups in total. The molecule has 0 bridgehead atoms. The lowest BCUT2D eigenvalue weighted by Crippen LogP contribution is -2.52. The van der Waals surface area contributed by atoms with Crippen LogP contribution in [0.2, 0.25) is 0 Å². The Morgan fingerprint density at radius 3 is 2.85 bits per heavy atom. The van der Waals surface area contributed by atoms with Crippen molar-refractivity contribution in [3.05, 3.63) is 65.0 Å². The van der Waals surface area contributed by atoms with E-state index in [0.717, 1.165) is 55.8 Å². The molecular formula is C25H29N5O3. The maximum atomic E-state index is 12.9. The first-order chi connectivity index (χ1) is 16.1. The van der Waals surface area contributed by atoms with Gasteiger partial charge in [-0.25, -0.2) is 0 Å². The molecule has 0 saturated carbocycles. The number of aromatic nitrogens is 1. The van der Waals surface area contributed by atoms with Crippen molar-refractivity contribution in [3.63, 3.8) is 0 Å². The van der Waals surface area contributed by atoms with E-state index in [0.29, 0.717) is 24.6 Å². The average molecular weight is 448 g/mol. The average Bonchev–Trinajstić information content (AvgIpc) is 3.14. The zero-order valence-electron chi connectivity index (χ0n) is 18.6. The first-order valence-electron chi connectivity index (χ1n) is 11.7. The van der Waals surface area contributed by atoms with E-state index in [9.17, 15) is 14.4 Å². The molecule has 3 aliphatic heterocycles. The number of fused-ring (bicyclic) bond motifs is 1. The minimum Gasteiger partial charge on any atom is -0.322 e. The molecule has 2 fully saturated rings. The Morgan fingerprint density at radius 2 is 2.03 bits per heavy atom. The normalized spacial score (nSPS) is 23.5. The van der Waals surface area contributed by atoms with Crippen molar-refractivity contribution in [2.45, 2.75) is 57.4 Å². The third-order valence-electron chi connectivity index (χ3n) is 6.80. The Balaban J connectivity index is 1.18. The van der Waals surface area contributed by atoms with Crippen LogP contribution in [0.4, 0.5) is 0 Å². The molecule has 4 heterocycles. The minimum atomic E-state index is -0.573. The van der Waals surface area contributed by atoms with Crippen LogP contribution in [0.3, 0.4) is 0 Å². The first kappa shape index (κ1) is 21.7. The van der Waals surface area contributed by atoms with Crippen LogP contribution < -0.4 is 10.6 Å². The zero-order valence-corrected chi connectivity index (χ0v) is 18.6. The number of nitrogens with zero attached hydrogens (tertiary/aromatic N) is 3. The van der Waals surface area contributed by atoms with Crippen LogP contribution in [-0.4, -0.2) is 57.7 Å². The van der Waals surface area contributed by atoms with Crippen molar-refractivity contribution in [2.75, 3.05) is 13.1 Å². The van der Waals surface area contributed by atoms with Gasteiger partial charge in [-0.1, -0.05) is 18.2 Å². The Labute approximate surface area is 193 Å². The number of hydrogen-bond acceptors (Lipinski definition) is 6. The highest BCUT2D eigenvalue weighted by Gasteiger charge is 2.39. The number of likely N-dealkylation sites (tertiary alicyclic amines) is 1. The summed E-state index contributed by atoms with van der Waals surface area (Å²) in [7, 11) is 0. The van der Waals surface area contributed by atoms with Crippen molar-refractivity contribution in [1.82, 2.24) is 25.4 Å².